The van der Waals surface area contributed by atoms with Gasteiger partial charge in [0.15, 0.2) is 0 Å². The van der Waals surface area contributed by atoms with Gasteiger partial charge in [-0.2, -0.15) is 0 Å². The molecule has 0 spiro atoms. The zero-order valence-electron chi connectivity index (χ0n) is 15.1. The van der Waals surface area contributed by atoms with Crippen LogP contribution in [0.3, 0.4) is 0 Å². The van der Waals surface area contributed by atoms with Gasteiger partial charge in [-0.3, -0.25) is 0 Å². The quantitative estimate of drug-likeness (QED) is 0.356. The van der Waals surface area contributed by atoms with E-state index in [1.807, 2.05) is 6.07 Å². The molecule has 0 saturated carbocycles. The average Bonchev–Trinajstić information content (AvgIpc) is 2.26. The van der Waals surface area contributed by atoms with Crippen molar-refractivity contribution in [3.8, 4) is 0 Å². The fourth-order valence-electron chi connectivity index (χ4n) is 1.54. The first kappa shape index (κ1) is 27.7. The third kappa shape index (κ3) is 15.8. The molecule has 0 heterocycles. The van der Waals surface area contributed by atoms with Crippen molar-refractivity contribution in [2.24, 2.45) is 0 Å². The zero-order valence-corrected chi connectivity index (χ0v) is 20.2. The van der Waals surface area contributed by atoms with Gasteiger partial charge in [-0.1, -0.05) is 91.6 Å². The molecule has 0 fully saturated rings. The summed E-state index contributed by atoms with van der Waals surface area (Å²) in [4.78, 5) is 9.94. The Kier molecular flexibility index (Phi) is 16.6. The van der Waals surface area contributed by atoms with Crippen molar-refractivity contribution in [1.29, 1.82) is 0 Å². The predicted octanol–water partition coefficient (Wildman–Crippen LogP) is 7.38. The third-order valence-corrected chi connectivity index (χ3v) is 4.16. The zero-order chi connectivity index (χ0) is 15.8. The van der Waals surface area contributed by atoms with Crippen LogP contribution >= 0.6 is 18.6 Å². The molecule has 22 heavy (non-hydrogen) atoms. The Morgan fingerprint density at radius 2 is 1.14 bits per heavy atom. The van der Waals surface area contributed by atoms with E-state index in [1.165, 1.54) is 5.56 Å². The number of nitrogens with zero attached hydrogens (tertiary/aromatic N) is 2. The van der Waals surface area contributed by atoms with Crippen LogP contribution in [0.15, 0.2) is 30.3 Å². The molecule has 0 unspecified atom stereocenters. The van der Waals surface area contributed by atoms with Crippen LogP contribution in [-0.2, 0) is 17.0 Å². The summed E-state index contributed by atoms with van der Waals surface area (Å²) in [5.74, 6) is 0. The minimum atomic E-state index is -1.45. The van der Waals surface area contributed by atoms with Crippen molar-refractivity contribution in [3.63, 3.8) is 0 Å². The van der Waals surface area contributed by atoms with Crippen LogP contribution in [0.5, 0.6) is 0 Å². The molecular formula is C15H30Cl2N2Si2Ti. The van der Waals surface area contributed by atoms with Crippen molar-refractivity contribution < 1.29 is 17.0 Å². The summed E-state index contributed by atoms with van der Waals surface area (Å²) in [6.07, 6.45) is 0.0505. The Labute approximate surface area is 157 Å². The fraction of sp³-hybridized carbons (Fsp3) is 0.467. The molecule has 0 amide bonds. The summed E-state index contributed by atoms with van der Waals surface area (Å²) in [5, 5.41) is 0. The summed E-state index contributed by atoms with van der Waals surface area (Å²) in [7, 11) is 6.88. The van der Waals surface area contributed by atoms with Crippen molar-refractivity contribution in [3.05, 3.63) is 60.7 Å². The van der Waals surface area contributed by atoms with Gasteiger partial charge in [-0.25, -0.2) is 6.17 Å². The molecule has 7 heteroatoms. The summed E-state index contributed by atoms with van der Waals surface area (Å²) in [6, 6.07) is 10.5. The Morgan fingerprint density at radius 1 is 0.818 bits per heavy atom. The number of hydrogen-bond acceptors (Lipinski definition) is 0. The Balaban J connectivity index is -0.000000666. The van der Waals surface area contributed by atoms with Crippen LogP contribution in [0.4, 0.5) is 0 Å². The van der Waals surface area contributed by atoms with Crippen LogP contribution in [0, 0.1) is 14.9 Å². The molecule has 0 N–H and O–H groups in total. The Bertz CT molecular complexity index is 352. The molecule has 126 valence electrons. The topological polar surface area (TPSA) is 28.2 Å². The van der Waals surface area contributed by atoms with Crippen LogP contribution in [-0.4, -0.2) is 16.5 Å². The van der Waals surface area contributed by atoms with Gasteiger partial charge in [-0.15, -0.1) is 0 Å². The van der Waals surface area contributed by atoms with E-state index >= 15 is 0 Å². The Morgan fingerprint density at radius 3 is 1.41 bits per heavy atom. The summed E-state index contributed by atoms with van der Waals surface area (Å²) >= 11 is -0.556. The van der Waals surface area contributed by atoms with Crippen molar-refractivity contribution in [2.75, 3.05) is 0 Å². The molecule has 0 radical (unpaired) electrons. The van der Waals surface area contributed by atoms with Crippen LogP contribution in [0.2, 0.25) is 39.3 Å². The van der Waals surface area contributed by atoms with E-state index < -0.39 is 33.5 Å². The molecule has 0 aliphatic carbocycles. The average molecular weight is 413 g/mol. The second kappa shape index (κ2) is 13.2. The summed E-state index contributed by atoms with van der Waals surface area (Å²) in [5.41, 5.74) is 1.23. The molecular weight excluding hydrogens is 383 g/mol. The molecule has 2 nitrogen and oxygen atoms in total. The van der Waals surface area contributed by atoms with E-state index in [0.717, 1.165) is 0 Å². The molecule has 0 saturated heterocycles. The van der Waals surface area contributed by atoms with E-state index in [0.29, 0.717) is 0 Å². The first-order chi connectivity index (χ1) is 9.09. The van der Waals surface area contributed by atoms with Gasteiger partial charge in [0, 0.05) is 0 Å². The van der Waals surface area contributed by atoms with Crippen LogP contribution in [0.25, 0.3) is 9.96 Å². The maximum absolute atomic E-state index is 4.97. The second-order valence-corrected chi connectivity index (χ2v) is 18.2. The predicted molar refractivity (Wildman–Crippen MR) is 107 cm³/mol. The van der Waals surface area contributed by atoms with Crippen LogP contribution < -0.4 is 0 Å². The minimum absolute atomic E-state index is 0. The molecule has 1 aromatic carbocycles. The van der Waals surface area contributed by atoms with Crippen molar-refractivity contribution >= 4 is 35.1 Å². The molecule has 1 rings (SSSR count). The first-order valence-corrected chi connectivity index (χ1v) is 17.7. The molecule has 0 aliphatic heterocycles. The van der Waals surface area contributed by atoms with Gasteiger partial charge in [0.25, 0.3) is 0 Å². The van der Waals surface area contributed by atoms with Gasteiger partial charge in [-0.05, 0) is 0 Å². The van der Waals surface area contributed by atoms with Crippen molar-refractivity contribution in [1.82, 2.24) is 0 Å². The van der Waals surface area contributed by atoms with Gasteiger partial charge in [0.2, 0.25) is 0 Å². The van der Waals surface area contributed by atoms with E-state index in [4.69, 9.17) is 28.6 Å². The number of rotatable bonds is 5. The van der Waals surface area contributed by atoms with Crippen molar-refractivity contribution in [2.45, 2.75) is 45.4 Å². The molecule has 0 bridgehead atoms. The third-order valence-electron chi connectivity index (χ3n) is 2.12. The standard InChI is InChI=1S/C13H24N2Si2.2CH3.2ClH.Ti/c1-16(2,3)14-13(15-17(4,5)6)12-10-8-7-9-11-12;;;;;/h7-11,13H,1-6H3;2*1H3;2*1H;/q-2;2*-1;;;+6/p-2. The second-order valence-electron chi connectivity index (χ2n) is 6.46. The van der Waals surface area contributed by atoms with Gasteiger partial charge in [0.1, 0.15) is 0 Å². The van der Waals surface area contributed by atoms with E-state index in [-0.39, 0.29) is 21.0 Å². The number of benzene rings is 1. The normalized spacial score (nSPS) is 11.1. The van der Waals surface area contributed by atoms with E-state index in [9.17, 15) is 0 Å². The molecule has 1 aromatic rings. The first-order valence-electron chi connectivity index (χ1n) is 6.54. The number of halogens is 2. The molecule has 0 aliphatic rings. The van der Waals surface area contributed by atoms with Gasteiger partial charge in [0.05, 0.1) is 0 Å². The Hall–Kier alpha value is 0.868. The summed E-state index contributed by atoms with van der Waals surface area (Å²) in [6.45, 7) is 13.6. The maximum atomic E-state index is 4.97. The summed E-state index contributed by atoms with van der Waals surface area (Å²) < 4.78 is 0. The number of hydrogen-bond donors (Lipinski definition) is 0. The van der Waals surface area contributed by atoms with Gasteiger partial charge >= 0.3 is 35.6 Å². The molecule has 0 aromatic heterocycles. The van der Waals surface area contributed by atoms with E-state index in [2.05, 4.69) is 63.5 Å². The van der Waals surface area contributed by atoms with E-state index in [1.54, 1.807) is 0 Å². The fourth-order valence-corrected chi connectivity index (χ4v) is 3.53. The monoisotopic (exact) mass is 412 g/mol. The molecule has 0 atom stereocenters. The SMILES string of the molecule is C[Si](C)(C)[N-]C([N-][Si](C)(C)C)c1ccccc1.[CH3-].[CH3-].[Cl][Ti+4][Cl]. The van der Waals surface area contributed by atoms with Crippen LogP contribution in [0.1, 0.15) is 11.7 Å². The van der Waals surface area contributed by atoms with Gasteiger partial charge < -0.3 is 24.8 Å².